The molecule has 148 valence electrons. The Morgan fingerprint density at radius 3 is 2.54 bits per heavy atom. The fourth-order valence-electron chi connectivity index (χ4n) is 2.35. The minimum atomic E-state index is 0.121. The molecule has 1 aromatic rings. The van der Waals surface area contributed by atoms with Crippen LogP contribution in [0.25, 0.3) is 0 Å². The first kappa shape index (κ1) is 22.3. The lowest BCUT2D eigenvalue weighted by molar-refractivity contribution is 0.171. The molecule has 1 rings (SSSR count). The standard InChI is InChI=1S/C20H36N4O2/c1-16-8-9-17(18(14-16)26-13-7-12-25-6)15-23-19(21-5)22-10-11-24-20(2,3)4/h8-9,14,24H,7,10-13,15H2,1-6H3,(H2,21,22,23). The molecule has 1 aromatic carbocycles. The third kappa shape index (κ3) is 9.63. The van der Waals surface area contributed by atoms with Crippen LogP contribution in [0.15, 0.2) is 23.2 Å². The Labute approximate surface area is 158 Å². The molecular weight excluding hydrogens is 328 g/mol. The first-order chi connectivity index (χ1) is 12.4. The Bertz CT molecular complexity index is 553. The van der Waals surface area contributed by atoms with Crippen LogP contribution in [0, 0.1) is 6.92 Å². The number of ether oxygens (including phenoxy) is 2. The van der Waals surface area contributed by atoms with Crippen LogP contribution in [0.4, 0.5) is 0 Å². The van der Waals surface area contributed by atoms with Gasteiger partial charge in [-0.15, -0.1) is 0 Å². The van der Waals surface area contributed by atoms with Crippen LogP contribution in [0.2, 0.25) is 0 Å². The molecule has 0 aliphatic heterocycles. The van der Waals surface area contributed by atoms with Crippen LogP contribution in [0.3, 0.4) is 0 Å². The highest BCUT2D eigenvalue weighted by Gasteiger charge is 2.08. The minimum Gasteiger partial charge on any atom is -0.493 e. The van der Waals surface area contributed by atoms with Gasteiger partial charge in [-0.2, -0.15) is 0 Å². The predicted octanol–water partition coefficient (Wildman–Crippen LogP) is 2.46. The topological polar surface area (TPSA) is 66.9 Å². The summed E-state index contributed by atoms with van der Waals surface area (Å²) in [5, 5.41) is 10.1. The van der Waals surface area contributed by atoms with Crippen molar-refractivity contribution in [3.8, 4) is 5.75 Å². The Hall–Kier alpha value is -1.79. The van der Waals surface area contributed by atoms with Crippen molar-refractivity contribution in [1.29, 1.82) is 0 Å². The van der Waals surface area contributed by atoms with E-state index in [4.69, 9.17) is 9.47 Å². The zero-order valence-electron chi connectivity index (χ0n) is 17.2. The highest BCUT2D eigenvalue weighted by Crippen LogP contribution is 2.20. The van der Waals surface area contributed by atoms with Crippen LogP contribution in [0.5, 0.6) is 5.75 Å². The van der Waals surface area contributed by atoms with E-state index >= 15 is 0 Å². The van der Waals surface area contributed by atoms with Crippen molar-refractivity contribution in [2.24, 2.45) is 4.99 Å². The third-order valence-corrected chi connectivity index (χ3v) is 3.72. The van der Waals surface area contributed by atoms with E-state index < -0.39 is 0 Å². The van der Waals surface area contributed by atoms with Crippen LogP contribution in [-0.4, -0.2) is 52.0 Å². The molecule has 0 saturated carbocycles. The lowest BCUT2D eigenvalue weighted by Crippen LogP contribution is -2.44. The summed E-state index contributed by atoms with van der Waals surface area (Å²) < 4.78 is 11.0. The quantitative estimate of drug-likeness (QED) is 0.338. The van der Waals surface area contributed by atoms with Crippen LogP contribution in [0.1, 0.15) is 38.3 Å². The smallest absolute Gasteiger partial charge is 0.191 e. The van der Waals surface area contributed by atoms with Crippen LogP contribution in [-0.2, 0) is 11.3 Å². The number of rotatable bonds is 10. The number of nitrogens with zero attached hydrogens (tertiary/aromatic N) is 1. The average Bonchev–Trinajstić information content (AvgIpc) is 2.58. The molecule has 0 aliphatic rings. The predicted molar refractivity (Wildman–Crippen MR) is 109 cm³/mol. The van der Waals surface area contributed by atoms with Gasteiger partial charge in [0.1, 0.15) is 5.75 Å². The van der Waals surface area contributed by atoms with E-state index in [0.717, 1.165) is 36.8 Å². The van der Waals surface area contributed by atoms with Crippen molar-refractivity contribution in [2.45, 2.75) is 46.2 Å². The molecule has 6 heteroatoms. The Morgan fingerprint density at radius 1 is 1.12 bits per heavy atom. The monoisotopic (exact) mass is 364 g/mol. The van der Waals surface area contributed by atoms with Gasteiger partial charge in [0.05, 0.1) is 6.61 Å². The van der Waals surface area contributed by atoms with E-state index in [1.54, 1.807) is 14.2 Å². The number of aliphatic imine (C=N–C) groups is 1. The Kier molecular flexibility index (Phi) is 10.1. The van der Waals surface area contributed by atoms with E-state index in [0.29, 0.717) is 19.8 Å². The lowest BCUT2D eigenvalue weighted by Gasteiger charge is -2.21. The van der Waals surface area contributed by atoms with Gasteiger partial charge < -0.3 is 25.4 Å². The largest absolute Gasteiger partial charge is 0.493 e. The molecule has 0 fully saturated rings. The number of methoxy groups -OCH3 is 1. The van der Waals surface area contributed by atoms with Crippen molar-refractivity contribution >= 4 is 5.96 Å². The van der Waals surface area contributed by atoms with E-state index in [2.05, 4.69) is 66.8 Å². The molecule has 0 atom stereocenters. The third-order valence-electron chi connectivity index (χ3n) is 3.72. The second-order valence-corrected chi connectivity index (χ2v) is 7.34. The number of hydrogen-bond acceptors (Lipinski definition) is 4. The highest BCUT2D eigenvalue weighted by atomic mass is 16.5. The maximum atomic E-state index is 5.93. The molecule has 0 amide bonds. The van der Waals surface area contributed by atoms with Crippen molar-refractivity contribution in [2.75, 3.05) is 40.5 Å². The van der Waals surface area contributed by atoms with Gasteiger partial charge in [-0.25, -0.2) is 0 Å². The summed E-state index contributed by atoms with van der Waals surface area (Å²) in [6.45, 7) is 12.2. The molecule has 3 N–H and O–H groups in total. The maximum absolute atomic E-state index is 5.93. The molecule has 0 aliphatic carbocycles. The van der Waals surface area contributed by atoms with Crippen LogP contribution < -0.4 is 20.7 Å². The van der Waals surface area contributed by atoms with Gasteiger partial charge in [0.25, 0.3) is 0 Å². The van der Waals surface area contributed by atoms with Gasteiger partial charge in [-0.3, -0.25) is 4.99 Å². The zero-order chi connectivity index (χ0) is 19.4. The zero-order valence-corrected chi connectivity index (χ0v) is 17.2. The molecule has 0 unspecified atom stereocenters. The fourth-order valence-corrected chi connectivity index (χ4v) is 2.35. The SMILES string of the molecule is CN=C(NCCNC(C)(C)C)NCc1ccc(C)cc1OCCCOC. The Morgan fingerprint density at radius 2 is 1.88 bits per heavy atom. The number of hydrogen-bond donors (Lipinski definition) is 3. The number of aryl methyl sites for hydroxylation is 1. The molecule has 0 spiro atoms. The maximum Gasteiger partial charge on any atom is 0.191 e. The second-order valence-electron chi connectivity index (χ2n) is 7.34. The van der Waals surface area contributed by atoms with Crippen molar-refractivity contribution in [1.82, 2.24) is 16.0 Å². The van der Waals surface area contributed by atoms with Crippen LogP contribution >= 0.6 is 0 Å². The molecule has 26 heavy (non-hydrogen) atoms. The summed E-state index contributed by atoms with van der Waals surface area (Å²) in [6, 6.07) is 6.28. The number of nitrogens with one attached hydrogen (secondary N) is 3. The second kappa shape index (κ2) is 11.8. The molecule has 0 bridgehead atoms. The summed E-state index contributed by atoms with van der Waals surface area (Å²) in [7, 11) is 3.49. The summed E-state index contributed by atoms with van der Waals surface area (Å²) >= 11 is 0. The lowest BCUT2D eigenvalue weighted by atomic mass is 10.1. The average molecular weight is 365 g/mol. The highest BCUT2D eigenvalue weighted by molar-refractivity contribution is 5.79. The van der Waals surface area contributed by atoms with Crippen molar-refractivity contribution < 1.29 is 9.47 Å². The van der Waals surface area contributed by atoms with Gasteiger partial charge in [0.2, 0.25) is 0 Å². The molecule has 0 heterocycles. The van der Waals surface area contributed by atoms with Crippen molar-refractivity contribution in [3.63, 3.8) is 0 Å². The van der Waals surface area contributed by atoms with Gasteiger partial charge in [-0.1, -0.05) is 12.1 Å². The molecule has 0 saturated heterocycles. The number of guanidine groups is 1. The number of benzene rings is 1. The van der Waals surface area contributed by atoms with Gasteiger partial charge in [-0.05, 0) is 39.3 Å². The van der Waals surface area contributed by atoms with E-state index in [9.17, 15) is 0 Å². The molecule has 6 nitrogen and oxygen atoms in total. The van der Waals surface area contributed by atoms with E-state index in [1.807, 2.05) is 0 Å². The first-order valence-electron chi connectivity index (χ1n) is 9.26. The van der Waals surface area contributed by atoms with Gasteiger partial charge in [0, 0.05) is 57.9 Å². The molecule has 0 radical (unpaired) electrons. The summed E-state index contributed by atoms with van der Waals surface area (Å²) in [6.07, 6.45) is 0.876. The summed E-state index contributed by atoms with van der Waals surface area (Å²) in [5.74, 6) is 1.70. The molecular formula is C20H36N4O2. The summed E-state index contributed by atoms with van der Waals surface area (Å²) in [5.41, 5.74) is 2.42. The Balaban J connectivity index is 2.50. The van der Waals surface area contributed by atoms with Gasteiger partial charge in [0.15, 0.2) is 5.96 Å². The van der Waals surface area contributed by atoms with Gasteiger partial charge >= 0.3 is 0 Å². The van der Waals surface area contributed by atoms with E-state index in [-0.39, 0.29) is 5.54 Å². The minimum absolute atomic E-state index is 0.121. The normalized spacial score (nSPS) is 12.2. The summed E-state index contributed by atoms with van der Waals surface area (Å²) in [4.78, 5) is 4.28. The van der Waals surface area contributed by atoms with Crippen molar-refractivity contribution in [3.05, 3.63) is 29.3 Å². The fraction of sp³-hybridized carbons (Fsp3) is 0.650. The first-order valence-corrected chi connectivity index (χ1v) is 9.26. The van der Waals surface area contributed by atoms with E-state index in [1.165, 1.54) is 5.56 Å². The molecule has 0 aromatic heterocycles.